The van der Waals surface area contributed by atoms with Crippen LogP contribution in [0.5, 0.6) is 0 Å². The number of rotatable bonds is 18. The van der Waals surface area contributed by atoms with E-state index in [9.17, 15) is 33.6 Å². The lowest BCUT2D eigenvalue weighted by atomic mass is 9.92. The molecule has 2 rings (SSSR count). The molecule has 0 bridgehead atoms. The minimum atomic E-state index is -1.22. The number of carboxylic acid groups (broad SMARTS) is 2. The molecule has 4 atom stereocenters. The summed E-state index contributed by atoms with van der Waals surface area (Å²) in [6, 6.07) is 14.3. The SMILES string of the molecule is CC(C)(C)CC=O.COC(=O)[C@H](Cc1ccccc1)NC(=O)[C@@H](N)CC(=O)O.COC(=O)[C@H](Cc1ccccc1)NC(=O)[C@H](CC(=O)O)NCCC(C)(C)C. The molecule has 55 heavy (non-hydrogen) atoms. The molecule has 0 fully saturated rings. The van der Waals surface area contributed by atoms with Crippen molar-refractivity contribution in [3.63, 3.8) is 0 Å². The van der Waals surface area contributed by atoms with E-state index in [0.29, 0.717) is 13.0 Å². The van der Waals surface area contributed by atoms with Crippen LogP contribution in [0.25, 0.3) is 0 Å². The Morgan fingerprint density at radius 3 is 1.42 bits per heavy atom. The Bertz CT molecular complexity index is 1490. The number of aldehydes is 1. The molecule has 2 amide bonds. The average Bonchev–Trinajstić information content (AvgIpc) is 3.09. The number of carboxylic acids is 2. The second-order valence-corrected chi connectivity index (χ2v) is 15.1. The first kappa shape index (κ1) is 49.9. The minimum Gasteiger partial charge on any atom is -0.481 e. The number of benzene rings is 2. The van der Waals surface area contributed by atoms with Gasteiger partial charge in [-0.05, 0) is 34.9 Å². The van der Waals surface area contributed by atoms with Crippen LogP contribution in [0.2, 0.25) is 0 Å². The van der Waals surface area contributed by atoms with E-state index in [1.165, 1.54) is 14.2 Å². The topological polar surface area (TPSA) is 241 Å². The molecule has 0 spiro atoms. The zero-order valence-electron chi connectivity index (χ0n) is 33.3. The number of carbonyl (C=O) groups excluding carboxylic acids is 5. The molecule has 0 radical (unpaired) electrons. The summed E-state index contributed by atoms with van der Waals surface area (Å²) in [4.78, 5) is 79.7. The molecule has 306 valence electrons. The molecule has 0 heterocycles. The molecule has 0 unspecified atom stereocenters. The highest BCUT2D eigenvalue weighted by Gasteiger charge is 2.28. The van der Waals surface area contributed by atoms with E-state index < -0.39 is 66.3 Å². The van der Waals surface area contributed by atoms with E-state index in [-0.39, 0.29) is 30.1 Å². The summed E-state index contributed by atoms with van der Waals surface area (Å²) in [7, 11) is 2.46. The van der Waals surface area contributed by atoms with E-state index >= 15 is 0 Å². The number of methoxy groups -OCH3 is 2. The van der Waals surface area contributed by atoms with Gasteiger partial charge in [-0.15, -0.1) is 0 Å². The standard InChI is InChI=1S/C20H30N2O5.C14H18N2O5.C6H12O/c1-20(2,3)10-11-21-15(13-17(23)24)18(25)22-16(19(26)27-4)12-14-8-6-5-7-9-14;1-21-14(20)11(7-9-5-3-2-4-6-9)16-13(19)10(15)8-12(17)18;1-6(2,3)4-5-7/h5-9,15-16,21H,10-13H2,1-4H3,(H,22,25)(H,23,24);2-6,10-11H,7-8,15H2,1H3,(H,16,19)(H,17,18);5H,4H2,1-3H3/t15-,16-;10-,11-;/m00./s1. The number of amides is 2. The third-order valence-corrected chi connectivity index (χ3v) is 7.56. The number of esters is 2. The molecule has 2 aromatic rings. The highest BCUT2D eigenvalue weighted by atomic mass is 16.5. The molecule has 15 nitrogen and oxygen atoms in total. The summed E-state index contributed by atoms with van der Waals surface area (Å²) in [5.41, 5.74) is 7.39. The maximum absolute atomic E-state index is 12.6. The van der Waals surface area contributed by atoms with Gasteiger partial charge in [0.2, 0.25) is 11.8 Å². The molecule has 0 aliphatic heterocycles. The zero-order chi connectivity index (χ0) is 42.2. The van der Waals surface area contributed by atoms with Gasteiger partial charge >= 0.3 is 23.9 Å². The summed E-state index contributed by atoms with van der Waals surface area (Å²) in [6.45, 7) is 12.8. The second kappa shape index (κ2) is 25.8. The van der Waals surface area contributed by atoms with E-state index in [2.05, 4.69) is 41.5 Å². The van der Waals surface area contributed by atoms with Crippen LogP contribution in [0, 0.1) is 10.8 Å². The van der Waals surface area contributed by atoms with Gasteiger partial charge in [0.1, 0.15) is 18.4 Å². The largest absolute Gasteiger partial charge is 0.481 e. The molecule has 0 aliphatic rings. The summed E-state index contributed by atoms with van der Waals surface area (Å²) >= 11 is 0. The third kappa shape index (κ3) is 24.7. The Morgan fingerprint density at radius 2 is 1.09 bits per heavy atom. The van der Waals surface area contributed by atoms with Crippen molar-refractivity contribution in [3.8, 4) is 0 Å². The quantitative estimate of drug-likeness (QED) is 0.0945. The summed E-state index contributed by atoms with van der Waals surface area (Å²) in [6.07, 6.45) is 2.02. The molecule has 0 saturated heterocycles. The first-order valence-electron chi connectivity index (χ1n) is 17.8. The number of hydrogen-bond acceptors (Lipinski definition) is 11. The molecule has 2 aromatic carbocycles. The average molecular weight is 773 g/mol. The van der Waals surface area contributed by atoms with Crippen molar-refractivity contribution < 1.29 is 53.2 Å². The smallest absolute Gasteiger partial charge is 0.328 e. The third-order valence-electron chi connectivity index (χ3n) is 7.56. The number of hydrogen-bond donors (Lipinski definition) is 6. The number of nitrogens with two attached hydrogens (primary N) is 1. The lowest BCUT2D eigenvalue weighted by molar-refractivity contribution is -0.146. The maximum atomic E-state index is 12.6. The second-order valence-electron chi connectivity index (χ2n) is 15.1. The van der Waals surface area contributed by atoms with Gasteiger partial charge in [-0.1, -0.05) is 102 Å². The van der Waals surface area contributed by atoms with Crippen LogP contribution in [-0.4, -0.2) is 97.1 Å². The predicted molar refractivity (Wildman–Crippen MR) is 207 cm³/mol. The molecule has 0 aromatic heterocycles. The number of aliphatic carboxylic acids is 2. The molecule has 0 aliphatic carbocycles. The van der Waals surface area contributed by atoms with Crippen molar-refractivity contribution in [2.24, 2.45) is 16.6 Å². The molecule has 15 heteroatoms. The first-order chi connectivity index (χ1) is 25.6. The fraction of sp³-hybridized carbons (Fsp3) is 0.525. The number of nitrogens with one attached hydrogen (secondary N) is 3. The highest BCUT2D eigenvalue weighted by molar-refractivity contribution is 5.90. The van der Waals surface area contributed by atoms with Crippen LogP contribution in [0.15, 0.2) is 60.7 Å². The van der Waals surface area contributed by atoms with Crippen molar-refractivity contribution in [3.05, 3.63) is 71.8 Å². The van der Waals surface area contributed by atoms with Crippen molar-refractivity contribution in [1.82, 2.24) is 16.0 Å². The fourth-order valence-corrected chi connectivity index (χ4v) is 4.51. The van der Waals surface area contributed by atoms with Crippen LogP contribution < -0.4 is 21.7 Å². The van der Waals surface area contributed by atoms with Crippen molar-refractivity contribution >= 4 is 42.0 Å². The van der Waals surface area contributed by atoms with Crippen LogP contribution in [0.3, 0.4) is 0 Å². The van der Waals surface area contributed by atoms with Crippen molar-refractivity contribution in [1.29, 1.82) is 0 Å². The van der Waals surface area contributed by atoms with Gasteiger partial charge in [0.15, 0.2) is 0 Å². The molecular weight excluding hydrogens is 712 g/mol. The van der Waals surface area contributed by atoms with E-state index in [1.807, 2.05) is 69.3 Å². The lowest BCUT2D eigenvalue weighted by Gasteiger charge is -2.23. The maximum Gasteiger partial charge on any atom is 0.328 e. The predicted octanol–water partition coefficient (Wildman–Crippen LogP) is 3.07. The summed E-state index contributed by atoms with van der Waals surface area (Å²) < 4.78 is 9.42. The number of carbonyl (C=O) groups is 7. The van der Waals surface area contributed by atoms with Gasteiger partial charge in [0.05, 0.1) is 39.1 Å². The van der Waals surface area contributed by atoms with Crippen LogP contribution in [0.1, 0.15) is 78.4 Å². The van der Waals surface area contributed by atoms with Crippen LogP contribution in [0.4, 0.5) is 0 Å². The van der Waals surface area contributed by atoms with E-state index in [0.717, 1.165) is 23.8 Å². The summed E-state index contributed by atoms with van der Waals surface area (Å²) in [5.74, 6) is -4.70. The Labute approximate surface area is 324 Å². The molecule has 0 saturated carbocycles. The fourth-order valence-electron chi connectivity index (χ4n) is 4.51. The normalized spacial score (nSPS) is 13.0. The van der Waals surface area contributed by atoms with Crippen molar-refractivity contribution in [2.75, 3.05) is 20.8 Å². The van der Waals surface area contributed by atoms with Crippen LogP contribution >= 0.6 is 0 Å². The van der Waals surface area contributed by atoms with Gasteiger partial charge < -0.3 is 46.2 Å². The Morgan fingerprint density at radius 1 is 0.673 bits per heavy atom. The monoisotopic (exact) mass is 772 g/mol. The van der Waals surface area contributed by atoms with Crippen LogP contribution in [-0.2, 0) is 55.9 Å². The van der Waals surface area contributed by atoms with Gasteiger partial charge in [-0.3, -0.25) is 19.2 Å². The van der Waals surface area contributed by atoms with Crippen molar-refractivity contribution in [2.45, 2.75) is 104 Å². The Kier molecular flexibility index (Phi) is 23.4. The van der Waals surface area contributed by atoms with Gasteiger partial charge in [-0.2, -0.15) is 0 Å². The minimum absolute atomic E-state index is 0.0547. The van der Waals surface area contributed by atoms with Gasteiger partial charge in [-0.25, -0.2) is 9.59 Å². The number of ether oxygens (including phenoxy) is 2. The zero-order valence-corrected chi connectivity index (χ0v) is 33.3. The first-order valence-corrected chi connectivity index (χ1v) is 17.8. The molecular formula is C40H60N4O11. The Hall–Kier alpha value is -5.15. The highest BCUT2D eigenvalue weighted by Crippen LogP contribution is 2.17. The van der Waals surface area contributed by atoms with Gasteiger partial charge in [0.25, 0.3) is 0 Å². The van der Waals surface area contributed by atoms with E-state index in [1.54, 1.807) is 12.1 Å². The Balaban J connectivity index is 0.000000922. The van der Waals surface area contributed by atoms with Gasteiger partial charge in [0, 0.05) is 19.3 Å². The lowest BCUT2D eigenvalue weighted by Crippen LogP contribution is -2.52. The van der Waals surface area contributed by atoms with E-state index in [4.69, 9.17) is 20.7 Å². The molecule has 7 N–H and O–H groups in total. The summed E-state index contributed by atoms with van der Waals surface area (Å²) in [5, 5.41) is 25.7.